The summed E-state index contributed by atoms with van der Waals surface area (Å²) in [4.78, 5) is 19.4. The van der Waals surface area contributed by atoms with Crippen molar-refractivity contribution in [3.63, 3.8) is 0 Å². The summed E-state index contributed by atoms with van der Waals surface area (Å²) in [6, 6.07) is 15.3. The maximum absolute atomic E-state index is 12.8. The van der Waals surface area contributed by atoms with Crippen LogP contribution in [0, 0.1) is 6.92 Å². The summed E-state index contributed by atoms with van der Waals surface area (Å²) in [5.41, 5.74) is 2.48. The Balaban J connectivity index is 1.47. The molecule has 2 heterocycles. The lowest BCUT2D eigenvalue weighted by molar-refractivity contribution is 0.0937. The van der Waals surface area contributed by atoms with E-state index in [1.54, 1.807) is 26.2 Å². The minimum absolute atomic E-state index is 0.0771. The molecule has 1 amide bonds. The fraction of sp³-hybridized carbons (Fsp3) is 0.348. The molecule has 156 valence electrons. The average molecular weight is 406 g/mol. The number of rotatable bonds is 7. The third-order valence-corrected chi connectivity index (χ3v) is 5.46. The van der Waals surface area contributed by atoms with Crippen molar-refractivity contribution in [3.8, 4) is 17.2 Å². The van der Waals surface area contributed by atoms with E-state index in [-0.39, 0.29) is 11.9 Å². The first-order valence-corrected chi connectivity index (χ1v) is 10.2. The highest BCUT2D eigenvalue weighted by atomic mass is 16.5. The van der Waals surface area contributed by atoms with Crippen LogP contribution in [0.3, 0.4) is 0 Å². The Kier molecular flexibility index (Phi) is 6.09. The highest BCUT2D eigenvalue weighted by Gasteiger charge is 2.26. The van der Waals surface area contributed by atoms with E-state index in [1.807, 2.05) is 30.3 Å². The molecule has 7 nitrogen and oxygen atoms in total. The summed E-state index contributed by atoms with van der Waals surface area (Å²) in [5.74, 6) is 1.77. The lowest BCUT2D eigenvalue weighted by Gasteiger charge is -2.29. The van der Waals surface area contributed by atoms with Gasteiger partial charge >= 0.3 is 0 Å². The highest BCUT2D eigenvalue weighted by molar-refractivity contribution is 5.94. The van der Waals surface area contributed by atoms with Crippen molar-refractivity contribution in [2.24, 2.45) is 0 Å². The minimum Gasteiger partial charge on any atom is -0.496 e. The van der Waals surface area contributed by atoms with Crippen LogP contribution in [0.5, 0.6) is 5.75 Å². The number of methoxy groups -OCH3 is 1. The number of carbonyl (C=O) groups excluding carboxylic acids is 1. The SMILES string of the molecule is COc1ccccc1[C@@H](CNC(=O)c1ccc(-c2nc(C)no2)cc1)N1CCCC1. The van der Waals surface area contributed by atoms with Crippen LogP contribution >= 0.6 is 0 Å². The minimum atomic E-state index is -0.109. The van der Waals surface area contributed by atoms with E-state index < -0.39 is 0 Å². The monoisotopic (exact) mass is 406 g/mol. The second-order valence-corrected chi connectivity index (χ2v) is 7.43. The number of nitrogens with zero attached hydrogens (tertiary/aromatic N) is 3. The number of hydrogen-bond acceptors (Lipinski definition) is 6. The van der Waals surface area contributed by atoms with Gasteiger partial charge in [0.25, 0.3) is 11.8 Å². The Morgan fingerprint density at radius 3 is 2.57 bits per heavy atom. The molecule has 7 heteroatoms. The Bertz CT molecular complexity index is 994. The van der Waals surface area contributed by atoms with Gasteiger partial charge in [-0.15, -0.1) is 0 Å². The zero-order valence-corrected chi connectivity index (χ0v) is 17.3. The van der Waals surface area contributed by atoms with Gasteiger partial charge in [-0.25, -0.2) is 0 Å². The van der Waals surface area contributed by atoms with E-state index in [4.69, 9.17) is 9.26 Å². The third kappa shape index (κ3) is 4.36. The van der Waals surface area contributed by atoms with Gasteiger partial charge in [0.2, 0.25) is 0 Å². The number of para-hydroxylation sites is 1. The second-order valence-electron chi connectivity index (χ2n) is 7.43. The standard InChI is InChI=1S/C23H26N4O3/c1-16-25-23(30-26-16)18-11-9-17(10-12-18)22(28)24-15-20(27-13-5-6-14-27)19-7-3-4-8-21(19)29-2/h3-4,7-12,20H,5-6,13-15H2,1-2H3,(H,24,28)/t20-/m1/s1. The Hall–Kier alpha value is -3.19. The van der Waals surface area contributed by atoms with Gasteiger partial charge in [-0.2, -0.15) is 4.98 Å². The van der Waals surface area contributed by atoms with Crippen molar-refractivity contribution >= 4 is 5.91 Å². The summed E-state index contributed by atoms with van der Waals surface area (Å²) in [6.45, 7) is 4.34. The topological polar surface area (TPSA) is 80.5 Å². The van der Waals surface area contributed by atoms with Gasteiger partial charge in [-0.1, -0.05) is 23.4 Å². The van der Waals surface area contributed by atoms with Gasteiger partial charge in [-0.3, -0.25) is 9.69 Å². The molecule has 3 aromatic rings. The zero-order valence-electron chi connectivity index (χ0n) is 17.3. The number of nitrogens with one attached hydrogen (secondary N) is 1. The molecule has 1 aromatic heterocycles. The predicted molar refractivity (Wildman–Crippen MR) is 113 cm³/mol. The fourth-order valence-electron chi connectivity index (χ4n) is 3.90. The van der Waals surface area contributed by atoms with Crippen LogP contribution in [0.1, 0.15) is 40.6 Å². The lowest BCUT2D eigenvalue weighted by Crippen LogP contribution is -2.37. The number of ether oxygens (including phenoxy) is 1. The first kappa shape index (κ1) is 20.1. The van der Waals surface area contributed by atoms with Crippen LogP contribution in [-0.4, -0.2) is 47.7 Å². The fourth-order valence-corrected chi connectivity index (χ4v) is 3.90. The van der Waals surface area contributed by atoms with E-state index in [9.17, 15) is 4.79 Å². The van der Waals surface area contributed by atoms with Crippen LogP contribution in [0.25, 0.3) is 11.5 Å². The van der Waals surface area contributed by atoms with E-state index in [0.717, 1.165) is 30.0 Å². The molecule has 0 unspecified atom stereocenters. The van der Waals surface area contributed by atoms with E-state index in [2.05, 4.69) is 26.4 Å². The molecule has 2 aromatic carbocycles. The zero-order chi connectivity index (χ0) is 20.9. The van der Waals surface area contributed by atoms with Gasteiger partial charge in [-0.05, 0) is 63.2 Å². The normalized spacial score (nSPS) is 15.1. The highest BCUT2D eigenvalue weighted by Crippen LogP contribution is 2.31. The maximum atomic E-state index is 12.8. The Morgan fingerprint density at radius 1 is 1.17 bits per heavy atom. The second kappa shape index (κ2) is 9.09. The number of aryl methyl sites for hydroxylation is 1. The van der Waals surface area contributed by atoms with Gasteiger partial charge in [0, 0.05) is 23.2 Å². The molecular formula is C23H26N4O3. The van der Waals surface area contributed by atoms with Crippen LogP contribution in [-0.2, 0) is 0 Å². The molecule has 1 aliphatic heterocycles. The Labute approximate surface area is 176 Å². The predicted octanol–water partition coefficient (Wildman–Crippen LogP) is 3.62. The summed E-state index contributed by atoms with van der Waals surface area (Å²) >= 11 is 0. The maximum Gasteiger partial charge on any atom is 0.257 e. The molecule has 1 atom stereocenters. The van der Waals surface area contributed by atoms with Gasteiger partial charge in [0.15, 0.2) is 5.82 Å². The first-order valence-electron chi connectivity index (χ1n) is 10.2. The molecule has 1 saturated heterocycles. The molecular weight excluding hydrogens is 380 g/mol. The van der Waals surface area contributed by atoms with Crippen molar-refractivity contribution in [1.29, 1.82) is 0 Å². The molecule has 0 aliphatic carbocycles. The van der Waals surface area contributed by atoms with Gasteiger partial charge in [0.05, 0.1) is 13.2 Å². The molecule has 0 bridgehead atoms. The van der Waals surface area contributed by atoms with Crippen molar-refractivity contribution in [2.75, 3.05) is 26.7 Å². The van der Waals surface area contributed by atoms with Crippen LogP contribution < -0.4 is 10.1 Å². The molecule has 0 radical (unpaired) electrons. The van der Waals surface area contributed by atoms with Crippen molar-refractivity contribution < 1.29 is 14.1 Å². The van der Waals surface area contributed by atoms with Gasteiger partial charge < -0.3 is 14.6 Å². The number of likely N-dealkylation sites (tertiary alicyclic amines) is 1. The average Bonchev–Trinajstić information content (AvgIpc) is 3.46. The number of hydrogen-bond donors (Lipinski definition) is 1. The van der Waals surface area contributed by atoms with Crippen LogP contribution in [0.2, 0.25) is 0 Å². The summed E-state index contributed by atoms with van der Waals surface area (Å²) in [6.07, 6.45) is 2.35. The molecule has 0 spiro atoms. The molecule has 30 heavy (non-hydrogen) atoms. The lowest BCUT2D eigenvalue weighted by atomic mass is 10.0. The summed E-state index contributed by atoms with van der Waals surface area (Å²) < 4.78 is 10.8. The molecule has 1 fully saturated rings. The quantitative estimate of drug-likeness (QED) is 0.646. The number of benzene rings is 2. The van der Waals surface area contributed by atoms with Crippen LogP contribution in [0.4, 0.5) is 0 Å². The molecule has 1 N–H and O–H groups in total. The number of aromatic nitrogens is 2. The van der Waals surface area contributed by atoms with Crippen molar-refractivity contribution in [2.45, 2.75) is 25.8 Å². The number of carbonyl (C=O) groups is 1. The van der Waals surface area contributed by atoms with Gasteiger partial charge in [0.1, 0.15) is 5.75 Å². The van der Waals surface area contributed by atoms with E-state index in [1.165, 1.54) is 12.8 Å². The number of amides is 1. The smallest absolute Gasteiger partial charge is 0.257 e. The first-order chi connectivity index (χ1) is 14.7. The van der Waals surface area contributed by atoms with Crippen molar-refractivity contribution in [1.82, 2.24) is 20.4 Å². The summed E-state index contributed by atoms with van der Waals surface area (Å²) in [5, 5.41) is 6.90. The summed E-state index contributed by atoms with van der Waals surface area (Å²) in [7, 11) is 1.69. The largest absolute Gasteiger partial charge is 0.496 e. The molecule has 0 saturated carbocycles. The molecule has 1 aliphatic rings. The van der Waals surface area contributed by atoms with E-state index in [0.29, 0.717) is 23.8 Å². The van der Waals surface area contributed by atoms with Crippen molar-refractivity contribution in [3.05, 3.63) is 65.5 Å². The van der Waals surface area contributed by atoms with Crippen LogP contribution in [0.15, 0.2) is 53.1 Å². The Morgan fingerprint density at radius 2 is 1.90 bits per heavy atom. The van der Waals surface area contributed by atoms with E-state index >= 15 is 0 Å². The molecule has 4 rings (SSSR count). The third-order valence-electron chi connectivity index (χ3n) is 5.46.